The van der Waals surface area contributed by atoms with E-state index >= 15 is 0 Å². The van der Waals surface area contributed by atoms with E-state index in [1.807, 2.05) is 0 Å². The lowest BCUT2D eigenvalue weighted by atomic mass is 10.1. The van der Waals surface area contributed by atoms with Crippen LogP contribution in [0, 0.1) is 0 Å². The molecule has 5 atom stereocenters. The molecule has 5 unspecified atom stereocenters. The van der Waals surface area contributed by atoms with Crippen LogP contribution in [0.3, 0.4) is 0 Å². The first-order valence-corrected chi connectivity index (χ1v) is 10.1. The molecule has 1 fully saturated rings. The number of nitrogens with zero attached hydrogens (tertiary/aromatic N) is 1. The zero-order chi connectivity index (χ0) is 23.6. The Morgan fingerprint density at radius 1 is 1.13 bits per heavy atom. The van der Waals surface area contributed by atoms with Crippen molar-refractivity contribution in [1.82, 2.24) is 21.3 Å². The number of aliphatic hydroxyl groups is 1. The van der Waals surface area contributed by atoms with Crippen molar-refractivity contribution in [3.8, 4) is 0 Å². The van der Waals surface area contributed by atoms with E-state index in [-0.39, 0.29) is 30.9 Å². The van der Waals surface area contributed by atoms with Crippen molar-refractivity contribution in [2.24, 2.45) is 16.5 Å². The van der Waals surface area contributed by atoms with Gasteiger partial charge in [-0.2, -0.15) is 0 Å². The van der Waals surface area contributed by atoms with Crippen LogP contribution in [0.1, 0.15) is 39.5 Å². The zero-order valence-electron chi connectivity index (χ0n) is 17.8. The van der Waals surface area contributed by atoms with E-state index in [1.54, 1.807) is 0 Å². The lowest BCUT2D eigenvalue weighted by Crippen LogP contribution is -2.57. The summed E-state index contributed by atoms with van der Waals surface area (Å²) in [4.78, 5) is 52.4. The van der Waals surface area contributed by atoms with Crippen LogP contribution < -0.4 is 32.7 Å². The average Bonchev–Trinajstić information content (AvgIpc) is 3.22. The number of aliphatic hydroxyl groups excluding tert-OH is 1. The summed E-state index contributed by atoms with van der Waals surface area (Å²) in [6.45, 7) is 3.62. The Morgan fingerprint density at radius 3 is 2.32 bits per heavy atom. The molecular formula is C18H33N7O6. The van der Waals surface area contributed by atoms with Gasteiger partial charge in [0.2, 0.25) is 17.7 Å². The van der Waals surface area contributed by atoms with E-state index in [4.69, 9.17) is 16.6 Å². The van der Waals surface area contributed by atoms with E-state index in [9.17, 15) is 24.3 Å². The Kier molecular flexibility index (Phi) is 10.7. The number of carboxylic acid groups (broad SMARTS) is 1. The summed E-state index contributed by atoms with van der Waals surface area (Å²) < 4.78 is 0. The number of rotatable bonds is 12. The predicted molar refractivity (Wildman–Crippen MR) is 112 cm³/mol. The van der Waals surface area contributed by atoms with E-state index in [0.717, 1.165) is 13.0 Å². The number of hydrogen-bond acceptors (Lipinski definition) is 7. The summed E-state index contributed by atoms with van der Waals surface area (Å²) in [6.07, 6.45) is 0.605. The first-order chi connectivity index (χ1) is 14.5. The van der Waals surface area contributed by atoms with Crippen molar-refractivity contribution in [3.63, 3.8) is 0 Å². The van der Waals surface area contributed by atoms with Crippen molar-refractivity contribution in [3.05, 3.63) is 0 Å². The normalized spacial score (nSPS) is 19.4. The molecule has 0 aromatic heterocycles. The van der Waals surface area contributed by atoms with Crippen LogP contribution in [-0.4, -0.2) is 83.2 Å². The van der Waals surface area contributed by atoms with Gasteiger partial charge in [-0.25, -0.2) is 4.79 Å². The van der Waals surface area contributed by atoms with Crippen molar-refractivity contribution in [2.45, 2.75) is 69.8 Å². The van der Waals surface area contributed by atoms with Gasteiger partial charge in [-0.05, 0) is 46.1 Å². The molecule has 176 valence electrons. The fraction of sp³-hybridized carbons (Fsp3) is 0.722. The van der Waals surface area contributed by atoms with Gasteiger partial charge in [0.1, 0.15) is 12.1 Å². The molecule has 13 nitrogen and oxygen atoms in total. The topological polar surface area (TPSA) is 221 Å². The van der Waals surface area contributed by atoms with Gasteiger partial charge in [0, 0.05) is 6.54 Å². The Balaban J connectivity index is 2.77. The van der Waals surface area contributed by atoms with Gasteiger partial charge in [-0.1, -0.05) is 0 Å². The summed E-state index contributed by atoms with van der Waals surface area (Å²) in [5, 5.41) is 29.1. The molecule has 31 heavy (non-hydrogen) atoms. The quantitative estimate of drug-likeness (QED) is 0.0859. The lowest BCUT2D eigenvalue weighted by Gasteiger charge is -2.24. The van der Waals surface area contributed by atoms with Crippen molar-refractivity contribution < 1.29 is 29.4 Å². The van der Waals surface area contributed by atoms with Gasteiger partial charge in [0.25, 0.3) is 0 Å². The highest BCUT2D eigenvalue weighted by Crippen LogP contribution is 2.06. The minimum absolute atomic E-state index is 0.103. The van der Waals surface area contributed by atoms with Crippen LogP contribution in [0.4, 0.5) is 0 Å². The molecule has 0 saturated carbocycles. The maximum absolute atomic E-state index is 12.6. The molecule has 0 aliphatic carbocycles. The Bertz CT molecular complexity index is 674. The van der Waals surface area contributed by atoms with E-state index in [2.05, 4.69) is 26.3 Å². The second-order valence-corrected chi connectivity index (χ2v) is 7.45. The minimum atomic E-state index is -1.55. The number of guanidine groups is 1. The number of aliphatic carboxylic acids is 1. The van der Waals surface area contributed by atoms with Crippen LogP contribution in [0.5, 0.6) is 0 Å². The number of carbonyl (C=O) groups excluding carboxylic acids is 3. The molecule has 1 aliphatic heterocycles. The number of carboxylic acids is 1. The van der Waals surface area contributed by atoms with Crippen LogP contribution >= 0.6 is 0 Å². The molecule has 1 rings (SSSR count). The summed E-state index contributed by atoms with van der Waals surface area (Å²) in [5.41, 5.74) is 10.5. The first kappa shape index (κ1) is 26.1. The maximum atomic E-state index is 12.6. The fourth-order valence-electron chi connectivity index (χ4n) is 3.00. The Labute approximate surface area is 180 Å². The molecule has 13 heteroatoms. The third-order valence-corrected chi connectivity index (χ3v) is 4.75. The molecule has 3 amide bonds. The second-order valence-electron chi connectivity index (χ2n) is 7.45. The van der Waals surface area contributed by atoms with Gasteiger partial charge in [-0.3, -0.25) is 19.4 Å². The number of hydrogen-bond donors (Lipinski definition) is 8. The van der Waals surface area contributed by atoms with Crippen LogP contribution in [0.2, 0.25) is 0 Å². The number of aliphatic imine (C=N–C) groups is 1. The third-order valence-electron chi connectivity index (χ3n) is 4.75. The highest BCUT2D eigenvalue weighted by molar-refractivity contribution is 5.94. The summed E-state index contributed by atoms with van der Waals surface area (Å²) >= 11 is 0. The van der Waals surface area contributed by atoms with Crippen molar-refractivity contribution in [1.29, 1.82) is 0 Å². The zero-order valence-corrected chi connectivity index (χ0v) is 17.8. The molecule has 0 aromatic rings. The van der Waals surface area contributed by atoms with Gasteiger partial charge < -0.3 is 42.9 Å². The molecule has 0 bridgehead atoms. The molecule has 10 N–H and O–H groups in total. The fourth-order valence-corrected chi connectivity index (χ4v) is 3.00. The van der Waals surface area contributed by atoms with Crippen LogP contribution in [-0.2, 0) is 19.2 Å². The van der Waals surface area contributed by atoms with Crippen molar-refractivity contribution in [2.75, 3.05) is 13.1 Å². The first-order valence-electron chi connectivity index (χ1n) is 10.1. The summed E-state index contributed by atoms with van der Waals surface area (Å²) in [7, 11) is 0. The van der Waals surface area contributed by atoms with Crippen molar-refractivity contribution >= 4 is 29.7 Å². The standard InChI is InChI=1S/C18H33N7O6/c1-9(23-15(28)11-5-3-7-21-11)14(27)24-12(6-4-8-22-18(19)20)16(29)25-13(10(2)26)17(30)31/h9-13,21,26H,3-8H2,1-2H3,(H,23,28)(H,24,27)(H,25,29)(H,30,31)(H4,19,20,22). The third kappa shape index (κ3) is 9.17. The molecule has 0 aromatic carbocycles. The number of amides is 3. The smallest absolute Gasteiger partial charge is 0.328 e. The van der Waals surface area contributed by atoms with Crippen LogP contribution in [0.25, 0.3) is 0 Å². The molecule has 0 spiro atoms. The lowest BCUT2D eigenvalue weighted by molar-refractivity contribution is -0.145. The van der Waals surface area contributed by atoms with Crippen LogP contribution in [0.15, 0.2) is 4.99 Å². The van der Waals surface area contributed by atoms with Gasteiger partial charge >= 0.3 is 5.97 Å². The summed E-state index contributed by atoms with van der Waals surface area (Å²) in [5.74, 6) is -3.26. The van der Waals surface area contributed by atoms with Gasteiger partial charge in [0.05, 0.1) is 12.1 Å². The maximum Gasteiger partial charge on any atom is 0.328 e. The van der Waals surface area contributed by atoms with E-state index in [0.29, 0.717) is 12.8 Å². The largest absolute Gasteiger partial charge is 0.480 e. The number of nitrogens with two attached hydrogens (primary N) is 2. The molecule has 0 radical (unpaired) electrons. The minimum Gasteiger partial charge on any atom is -0.480 e. The Hall–Kier alpha value is -2.93. The highest BCUT2D eigenvalue weighted by Gasteiger charge is 2.31. The monoisotopic (exact) mass is 443 g/mol. The van der Waals surface area contributed by atoms with E-state index in [1.165, 1.54) is 13.8 Å². The van der Waals surface area contributed by atoms with Gasteiger partial charge in [-0.15, -0.1) is 0 Å². The summed E-state index contributed by atoms with van der Waals surface area (Å²) in [6, 6.07) is -3.95. The molecular weight excluding hydrogens is 410 g/mol. The molecule has 1 saturated heterocycles. The van der Waals surface area contributed by atoms with E-state index < -0.39 is 42.0 Å². The average molecular weight is 444 g/mol. The SMILES string of the molecule is CC(NC(=O)C1CCCN1)C(=O)NC(CCCN=C(N)N)C(=O)NC(C(=O)O)C(C)O. The molecule has 1 heterocycles. The second kappa shape index (κ2) is 12.7. The number of carbonyl (C=O) groups is 4. The number of nitrogens with one attached hydrogen (secondary N) is 4. The highest BCUT2D eigenvalue weighted by atomic mass is 16.4. The van der Waals surface area contributed by atoms with Gasteiger partial charge in [0.15, 0.2) is 12.0 Å². The molecule has 1 aliphatic rings. The Morgan fingerprint density at radius 2 is 1.81 bits per heavy atom. The predicted octanol–water partition coefficient (Wildman–Crippen LogP) is -3.27.